The first kappa shape index (κ1) is 9.86. The van der Waals surface area contributed by atoms with Gasteiger partial charge in [0.05, 0.1) is 10.4 Å². The lowest BCUT2D eigenvalue weighted by Crippen LogP contribution is -2.05. The van der Waals surface area contributed by atoms with E-state index in [0.717, 1.165) is 5.56 Å². The molecule has 2 heterocycles. The monoisotopic (exact) mass is 218 g/mol. The topological polar surface area (TPSA) is 56.0 Å². The molecule has 0 aromatic carbocycles. The van der Waals surface area contributed by atoms with Gasteiger partial charge in [-0.15, -0.1) is 11.3 Å². The lowest BCUT2D eigenvalue weighted by atomic mass is 10.1. The Morgan fingerprint density at radius 1 is 1.53 bits per heavy atom. The first-order chi connectivity index (χ1) is 7.18. The molecule has 0 amide bonds. The largest absolute Gasteiger partial charge is 0.383 e. The molecule has 0 aliphatic carbocycles. The number of ketones is 1. The van der Waals surface area contributed by atoms with Crippen molar-refractivity contribution in [3.63, 3.8) is 0 Å². The molecule has 3 nitrogen and oxygen atoms in total. The molecule has 0 saturated heterocycles. The van der Waals surface area contributed by atoms with Crippen LogP contribution in [0.4, 0.5) is 5.82 Å². The lowest BCUT2D eigenvalue weighted by molar-refractivity contribution is 0.104. The third kappa shape index (κ3) is 1.89. The van der Waals surface area contributed by atoms with Gasteiger partial charge >= 0.3 is 0 Å². The van der Waals surface area contributed by atoms with Gasteiger partial charge in [0.25, 0.3) is 0 Å². The summed E-state index contributed by atoms with van der Waals surface area (Å²) in [4.78, 5) is 16.6. The fourth-order valence-corrected chi connectivity index (χ4v) is 1.98. The van der Waals surface area contributed by atoms with Crippen LogP contribution in [-0.2, 0) is 0 Å². The van der Waals surface area contributed by atoms with Gasteiger partial charge in [0.15, 0.2) is 0 Å². The van der Waals surface area contributed by atoms with Crippen molar-refractivity contribution >= 4 is 22.9 Å². The minimum Gasteiger partial charge on any atom is -0.383 e. The fraction of sp³-hybridized carbons (Fsp3) is 0.0909. The average molecular weight is 218 g/mol. The van der Waals surface area contributed by atoms with Gasteiger partial charge in [-0.3, -0.25) is 4.79 Å². The molecular formula is C11H10N2OS. The molecule has 2 N–H and O–H groups in total. The molecular weight excluding hydrogens is 208 g/mol. The molecule has 0 aliphatic heterocycles. The van der Waals surface area contributed by atoms with Crippen LogP contribution < -0.4 is 5.73 Å². The van der Waals surface area contributed by atoms with Crippen molar-refractivity contribution in [2.24, 2.45) is 0 Å². The van der Waals surface area contributed by atoms with Crippen molar-refractivity contribution in [1.29, 1.82) is 0 Å². The standard InChI is InChI=1S/C11H10N2OS/c1-7-5-8(11(12)13-6-7)10(14)9-3-2-4-15-9/h2-6H,1H3,(H2,12,13). The van der Waals surface area contributed by atoms with Crippen LogP contribution in [0.25, 0.3) is 0 Å². The second kappa shape index (κ2) is 3.82. The summed E-state index contributed by atoms with van der Waals surface area (Å²) in [5.41, 5.74) is 7.09. The molecule has 0 bridgehead atoms. The number of rotatable bonds is 2. The summed E-state index contributed by atoms with van der Waals surface area (Å²) in [5.74, 6) is 0.234. The molecule has 0 unspecified atom stereocenters. The van der Waals surface area contributed by atoms with Gasteiger partial charge < -0.3 is 5.73 Å². The van der Waals surface area contributed by atoms with Gasteiger partial charge in [-0.2, -0.15) is 0 Å². The summed E-state index contributed by atoms with van der Waals surface area (Å²) >= 11 is 1.41. The maximum absolute atomic E-state index is 12.0. The summed E-state index contributed by atoms with van der Waals surface area (Å²) in [6.07, 6.45) is 1.65. The summed E-state index contributed by atoms with van der Waals surface area (Å²) in [5, 5.41) is 1.87. The molecule has 0 spiro atoms. The Labute approximate surface area is 91.6 Å². The molecule has 0 fully saturated rings. The molecule has 2 aromatic heterocycles. The van der Waals surface area contributed by atoms with E-state index in [2.05, 4.69) is 4.98 Å². The zero-order valence-electron chi connectivity index (χ0n) is 8.23. The van der Waals surface area contributed by atoms with Crippen LogP contribution >= 0.6 is 11.3 Å². The van der Waals surface area contributed by atoms with E-state index in [0.29, 0.717) is 16.3 Å². The van der Waals surface area contributed by atoms with E-state index < -0.39 is 0 Å². The van der Waals surface area contributed by atoms with E-state index in [9.17, 15) is 4.79 Å². The van der Waals surface area contributed by atoms with E-state index in [4.69, 9.17) is 5.73 Å². The molecule has 0 saturated carbocycles. The van der Waals surface area contributed by atoms with E-state index in [1.807, 2.05) is 18.4 Å². The second-order valence-corrected chi connectivity index (χ2v) is 4.20. The number of thiophene rings is 1. The highest BCUT2D eigenvalue weighted by molar-refractivity contribution is 7.12. The zero-order valence-corrected chi connectivity index (χ0v) is 9.04. The number of hydrogen-bond acceptors (Lipinski definition) is 4. The van der Waals surface area contributed by atoms with Crippen molar-refractivity contribution in [2.45, 2.75) is 6.92 Å². The molecule has 2 aromatic rings. The van der Waals surface area contributed by atoms with E-state index >= 15 is 0 Å². The highest BCUT2D eigenvalue weighted by Crippen LogP contribution is 2.18. The van der Waals surface area contributed by atoms with Crippen molar-refractivity contribution in [2.75, 3.05) is 5.73 Å². The highest BCUT2D eigenvalue weighted by atomic mass is 32.1. The van der Waals surface area contributed by atoms with Gasteiger partial charge in [-0.05, 0) is 30.0 Å². The molecule has 76 valence electrons. The van der Waals surface area contributed by atoms with Gasteiger partial charge in [0.1, 0.15) is 5.82 Å². The first-order valence-electron chi connectivity index (χ1n) is 4.49. The first-order valence-corrected chi connectivity index (χ1v) is 5.37. The maximum Gasteiger partial charge on any atom is 0.206 e. The van der Waals surface area contributed by atoms with Crippen LogP contribution in [0.3, 0.4) is 0 Å². The van der Waals surface area contributed by atoms with Gasteiger partial charge in [-0.25, -0.2) is 4.98 Å². The molecule has 15 heavy (non-hydrogen) atoms. The number of carbonyl (C=O) groups is 1. The number of carbonyl (C=O) groups excluding carboxylic acids is 1. The summed E-state index contributed by atoms with van der Waals surface area (Å²) < 4.78 is 0. The summed E-state index contributed by atoms with van der Waals surface area (Å²) in [7, 11) is 0. The predicted octanol–water partition coefficient (Wildman–Crippen LogP) is 2.26. The van der Waals surface area contributed by atoms with E-state index in [1.165, 1.54) is 11.3 Å². The Morgan fingerprint density at radius 3 is 3.00 bits per heavy atom. The maximum atomic E-state index is 12.0. The van der Waals surface area contributed by atoms with Crippen molar-refractivity contribution in [3.8, 4) is 0 Å². The summed E-state index contributed by atoms with van der Waals surface area (Å²) in [6.45, 7) is 1.89. The van der Waals surface area contributed by atoms with Gasteiger partial charge in [-0.1, -0.05) is 6.07 Å². The predicted molar refractivity (Wildman–Crippen MR) is 61.1 cm³/mol. The van der Waals surface area contributed by atoms with E-state index in [1.54, 1.807) is 18.3 Å². The Balaban J connectivity index is 2.46. The van der Waals surface area contributed by atoms with Crippen LogP contribution in [0.15, 0.2) is 29.8 Å². The van der Waals surface area contributed by atoms with Crippen molar-refractivity contribution in [3.05, 3.63) is 45.8 Å². The van der Waals surface area contributed by atoms with Crippen molar-refractivity contribution < 1.29 is 4.79 Å². The Bertz CT molecular complexity index is 491. The van der Waals surface area contributed by atoms with Crippen LogP contribution in [0.1, 0.15) is 20.8 Å². The minimum atomic E-state index is -0.0568. The molecule has 2 rings (SSSR count). The SMILES string of the molecule is Cc1cnc(N)c(C(=O)c2cccs2)c1. The molecule has 4 heteroatoms. The number of pyridine rings is 1. The van der Waals surface area contributed by atoms with Crippen LogP contribution in [0.5, 0.6) is 0 Å². The highest BCUT2D eigenvalue weighted by Gasteiger charge is 2.13. The number of nitrogens with two attached hydrogens (primary N) is 1. The smallest absolute Gasteiger partial charge is 0.206 e. The Kier molecular flexibility index (Phi) is 2.51. The zero-order chi connectivity index (χ0) is 10.8. The molecule has 0 atom stereocenters. The molecule has 0 radical (unpaired) electrons. The Morgan fingerprint density at radius 2 is 2.33 bits per heavy atom. The third-order valence-corrected chi connectivity index (χ3v) is 2.91. The quantitative estimate of drug-likeness (QED) is 0.787. The van der Waals surface area contributed by atoms with Crippen LogP contribution in [0, 0.1) is 6.92 Å². The third-order valence-electron chi connectivity index (χ3n) is 2.04. The lowest BCUT2D eigenvalue weighted by Gasteiger charge is -2.02. The summed E-state index contributed by atoms with van der Waals surface area (Å²) in [6, 6.07) is 5.40. The number of aromatic nitrogens is 1. The second-order valence-electron chi connectivity index (χ2n) is 3.25. The minimum absolute atomic E-state index is 0.0568. The normalized spacial score (nSPS) is 10.2. The number of nitrogens with zero attached hydrogens (tertiary/aromatic N) is 1. The average Bonchev–Trinajstić information content (AvgIpc) is 2.74. The number of aryl methyl sites for hydroxylation is 1. The number of hydrogen-bond donors (Lipinski definition) is 1. The molecule has 0 aliphatic rings. The van der Waals surface area contributed by atoms with Gasteiger partial charge in [0, 0.05) is 6.20 Å². The van der Waals surface area contributed by atoms with Crippen molar-refractivity contribution in [1.82, 2.24) is 4.98 Å². The van der Waals surface area contributed by atoms with E-state index in [-0.39, 0.29) is 5.78 Å². The van der Waals surface area contributed by atoms with Crippen LogP contribution in [0.2, 0.25) is 0 Å². The number of anilines is 1. The van der Waals surface area contributed by atoms with Crippen LogP contribution in [-0.4, -0.2) is 10.8 Å². The fourth-order valence-electron chi connectivity index (χ4n) is 1.30. The Hall–Kier alpha value is -1.68. The number of nitrogen functional groups attached to an aromatic ring is 1. The van der Waals surface area contributed by atoms with Gasteiger partial charge in [0.2, 0.25) is 5.78 Å².